The van der Waals surface area contributed by atoms with Crippen LogP contribution in [0.1, 0.15) is 27.2 Å². The third kappa shape index (κ3) is 2.41. The Morgan fingerprint density at radius 2 is 2.24 bits per heavy atom. The van der Waals surface area contributed by atoms with E-state index in [9.17, 15) is 0 Å². The van der Waals surface area contributed by atoms with Crippen LogP contribution in [0.15, 0.2) is 28.3 Å². The van der Waals surface area contributed by atoms with E-state index in [0.717, 1.165) is 23.5 Å². The highest BCUT2D eigenvalue weighted by Gasteiger charge is 2.26. The number of aliphatic imine (C=N–C) groups is 1. The Bertz CT molecular complexity index is 438. The van der Waals surface area contributed by atoms with Gasteiger partial charge in [0.25, 0.3) is 0 Å². The van der Waals surface area contributed by atoms with Crippen molar-refractivity contribution in [2.45, 2.75) is 33.2 Å². The molecule has 2 atom stereocenters. The van der Waals surface area contributed by atoms with Crippen LogP contribution in [0.3, 0.4) is 0 Å². The van der Waals surface area contributed by atoms with Gasteiger partial charge in [-0.25, -0.2) is 4.99 Å². The molecule has 0 spiro atoms. The van der Waals surface area contributed by atoms with Crippen molar-refractivity contribution in [2.75, 3.05) is 6.61 Å². The maximum atomic E-state index is 8.92. The quantitative estimate of drug-likeness (QED) is 0.732. The molecule has 0 amide bonds. The van der Waals surface area contributed by atoms with E-state index in [2.05, 4.69) is 31.8 Å². The zero-order valence-electron chi connectivity index (χ0n) is 10.6. The Kier molecular flexibility index (Phi) is 3.33. The van der Waals surface area contributed by atoms with Crippen molar-refractivity contribution in [1.29, 1.82) is 5.26 Å². The summed E-state index contributed by atoms with van der Waals surface area (Å²) in [6.07, 6.45) is 4.71. The molecule has 1 unspecified atom stereocenters. The van der Waals surface area contributed by atoms with Crippen LogP contribution in [0.5, 0.6) is 0 Å². The van der Waals surface area contributed by atoms with E-state index >= 15 is 0 Å². The molecule has 0 fully saturated rings. The lowest BCUT2D eigenvalue weighted by molar-refractivity contribution is 0.290. The summed E-state index contributed by atoms with van der Waals surface area (Å²) in [5.74, 6) is 1.56. The molecule has 0 aromatic rings. The normalized spacial score (nSPS) is 28.1. The van der Waals surface area contributed by atoms with E-state index in [4.69, 9.17) is 10.00 Å². The van der Waals surface area contributed by atoms with Gasteiger partial charge in [-0.3, -0.25) is 0 Å². The van der Waals surface area contributed by atoms with Crippen molar-refractivity contribution in [3.63, 3.8) is 0 Å². The van der Waals surface area contributed by atoms with Crippen LogP contribution in [-0.4, -0.2) is 18.5 Å². The molecule has 0 N–H and O–H groups in total. The highest BCUT2D eigenvalue weighted by molar-refractivity contribution is 5.95. The van der Waals surface area contributed by atoms with Gasteiger partial charge in [0.15, 0.2) is 0 Å². The molecule has 1 heterocycles. The highest BCUT2D eigenvalue weighted by atomic mass is 16.5. The summed E-state index contributed by atoms with van der Waals surface area (Å²) in [6.45, 7) is 7.07. The Hall–Kier alpha value is -1.56. The van der Waals surface area contributed by atoms with Crippen LogP contribution in [-0.2, 0) is 4.74 Å². The minimum atomic E-state index is 0.268. The van der Waals surface area contributed by atoms with Crippen LogP contribution >= 0.6 is 0 Å². The molecular formula is C14H18N2O. The lowest BCUT2D eigenvalue weighted by Crippen LogP contribution is -2.13. The zero-order valence-corrected chi connectivity index (χ0v) is 10.6. The zero-order chi connectivity index (χ0) is 12.4. The first kappa shape index (κ1) is 11.9. The average Bonchev–Trinajstić information content (AvgIpc) is 2.78. The van der Waals surface area contributed by atoms with Crippen molar-refractivity contribution in [3.05, 3.63) is 23.3 Å². The Morgan fingerprint density at radius 1 is 1.47 bits per heavy atom. The third-order valence-corrected chi connectivity index (χ3v) is 3.37. The van der Waals surface area contributed by atoms with Crippen LogP contribution in [0, 0.1) is 23.2 Å². The maximum Gasteiger partial charge on any atom is 0.212 e. The number of ether oxygens (including phenoxy) is 1. The summed E-state index contributed by atoms with van der Waals surface area (Å²) in [4.78, 5) is 4.61. The molecule has 0 aromatic carbocycles. The maximum absolute atomic E-state index is 8.92. The van der Waals surface area contributed by atoms with Crippen molar-refractivity contribution in [2.24, 2.45) is 16.8 Å². The van der Waals surface area contributed by atoms with Gasteiger partial charge < -0.3 is 4.74 Å². The summed E-state index contributed by atoms with van der Waals surface area (Å²) in [6, 6.07) is 2.51. The monoisotopic (exact) mass is 230 g/mol. The van der Waals surface area contributed by atoms with E-state index in [1.807, 2.05) is 12.2 Å². The molecule has 2 rings (SSSR count). The van der Waals surface area contributed by atoms with Gasteiger partial charge in [0.05, 0.1) is 12.1 Å². The van der Waals surface area contributed by atoms with Gasteiger partial charge in [0, 0.05) is 11.1 Å². The van der Waals surface area contributed by atoms with E-state index < -0.39 is 0 Å². The van der Waals surface area contributed by atoms with Gasteiger partial charge in [-0.1, -0.05) is 26.8 Å². The highest BCUT2D eigenvalue weighted by Crippen LogP contribution is 2.28. The molecule has 1 aliphatic heterocycles. The molecule has 2 aliphatic rings. The molecule has 0 saturated heterocycles. The molecule has 90 valence electrons. The lowest BCUT2D eigenvalue weighted by Gasteiger charge is -2.16. The van der Waals surface area contributed by atoms with E-state index in [1.165, 1.54) is 0 Å². The fourth-order valence-corrected chi connectivity index (χ4v) is 2.08. The van der Waals surface area contributed by atoms with Crippen molar-refractivity contribution < 1.29 is 4.74 Å². The minimum Gasteiger partial charge on any atom is -0.475 e. The predicted octanol–water partition coefficient (Wildman–Crippen LogP) is 2.86. The van der Waals surface area contributed by atoms with Crippen LogP contribution < -0.4 is 0 Å². The summed E-state index contributed by atoms with van der Waals surface area (Å²) in [7, 11) is 0. The molecule has 0 saturated carbocycles. The predicted molar refractivity (Wildman–Crippen MR) is 67.6 cm³/mol. The molecular weight excluding hydrogens is 212 g/mol. The van der Waals surface area contributed by atoms with Crippen molar-refractivity contribution in [1.82, 2.24) is 0 Å². The number of allylic oxidation sites excluding steroid dienone is 3. The lowest BCUT2D eigenvalue weighted by atomic mass is 9.89. The van der Waals surface area contributed by atoms with E-state index in [1.54, 1.807) is 0 Å². The largest absolute Gasteiger partial charge is 0.475 e. The van der Waals surface area contributed by atoms with Crippen LogP contribution in [0.2, 0.25) is 0 Å². The molecule has 3 heteroatoms. The van der Waals surface area contributed by atoms with Crippen LogP contribution in [0.4, 0.5) is 0 Å². The summed E-state index contributed by atoms with van der Waals surface area (Å²) in [5, 5.41) is 8.92. The third-order valence-electron chi connectivity index (χ3n) is 3.37. The molecule has 0 aromatic heterocycles. The number of nitrogens with zero attached hydrogens (tertiary/aromatic N) is 2. The topological polar surface area (TPSA) is 45.4 Å². The van der Waals surface area contributed by atoms with Gasteiger partial charge >= 0.3 is 0 Å². The standard InChI is InChI=1S/C14H18N2O/c1-9(2)13-8-17-14(16-13)11-4-5-12(7-15)10(3)6-11/h4-5,9-10,13H,6,8H2,1-3H3/t10?,13-/m1/s1. The number of hydrogen-bond donors (Lipinski definition) is 0. The summed E-state index contributed by atoms with van der Waals surface area (Å²) < 4.78 is 5.65. The van der Waals surface area contributed by atoms with Crippen LogP contribution in [0.25, 0.3) is 0 Å². The Balaban J connectivity index is 2.16. The Labute approximate surface area is 102 Å². The molecule has 0 bridgehead atoms. The van der Waals surface area contributed by atoms with E-state index in [0.29, 0.717) is 12.5 Å². The molecule has 0 radical (unpaired) electrons. The number of nitriles is 1. The molecule has 3 nitrogen and oxygen atoms in total. The Morgan fingerprint density at radius 3 is 2.76 bits per heavy atom. The summed E-state index contributed by atoms with van der Waals surface area (Å²) in [5.41, 5.74) is 1.97. The second kappa shape index (κ2) is 4.75. The van der Waals surface area contributed by atoms with Gasteiger partial charge in [0.1, 0.15) is 6.61 Å². The van der Waals surface area contributed by atoms with Gasteiger partial charge in [0.2, 0.25) is 5.90 Å². The average molecular weight is 230 g/mol. The molecule has 1 aliphatic carbocycles. The SMILES string of the molecule is CC1CC(C2=N[C@@H](C(C)C)CO2)=CC=C1C#N. The fraction of sp³-hybridized carbons (Fsp3) is 0.571. The second-order valence-corrected chi connectivity index (χ2v) is 5.09. The smallest absolute Gasteiger partial charge is 0.212 e. The van der Waals surface area contributed by atoms with E-state index in [-0.39, 0.29) is 12.0 Å². The minimum absolute atomic E-state index is 0.268. The first-order chi connectivity index (χ1) is 8.11. The first-order valence-corrected chi connectivity index (χ1v) is 6.13. The van der Waals surface area contributed by atoms with Gasteiger partial charge in [-0.2, -0.15) is 5.26 Å². The van der Waals surface area contributed by atoms with Gasteiger partial charge in [-0.15, -0.1) is 0 Å². The van der Waals surface area contributed by atoms with Gasteiger partial charge in [-0.05, 0) is 24.3 Å². The second-order valence-electron chi connectivity index (χ2n) is 5.09. The van der Waals surface area contributed by atoms with Crippen molar-refractivity contribution in [3.8, 4) is 6.07 Å². The number of rotatable bonds is 2. The van der Waals surface area contributed by atoms with Crippen molar-refractivity contribution >= 4 is 5.90 Å². The number of hydrogen-bond acceptors (Lipinski definition) is 3. The molecule has 17 heavy (non-hydrogen) atoms. The first-order valence-electron chi connectivity index (χ1n) is 6.13. The summed E-state index contributed by atoms with van der Waals surface area (Å²) >= 11 is 0. The fourth-order valence-electron chi connectivity index (χ4n) is 2.08.